The molecular formula is C12H15N3O5S. The van der Waals surface area contributed by atoms with Crippen LogP contribution in [-0.2, 0) is 14.4 Å². The van der Waals surface area contributed by atoms with Crippen LogP contribution < -0.4 is 16.4 Å². The highest BCUT2D eigenvalue weighted by Crippen LogP contribution is 2.14. The van der Waals surface area contributed by atoms with Gasteiger partial charge < -0.3 is 21.5 Å². The fourth-order valence-electron chi connectivity index (χ4n) is 1.45. The number of nitrogens with one attached hydrogen (secondary N) is 2. The lowest BCUT2D eigenvalue weighted by Gasteiger charge is -2.12. The normalized spacial score (nSPS) is 11.5. The average molecular weight is 313 g/mol. The lowest BCUT2D eigenvalue weighted by atomic mass is 10.2. The third-order valence-electron chi connectivity index (χ3n) is 2.41. The number of hydrogen-bond acceptors (Lipinski definition) is 5. The predicted molar refractivity (Wildman–Crippen MR) is 74.8 cm³/mol. The SMILES string of the molecule is Cc1ccc(C(=O)NCC(=O)N[C@H](CC(N)=O)C(=O)O)s1. The van der Waals surface area contributed by atoms with Crippen LogP contribution in [0.5, 0.6) is 0 Å². The molecule has 1 aromatic rings. The Labute approximate surface area is 124 Å². The van der Waals surface area contributed by atoms with Gasteiger partial charge in [0.05, 0.1) is 17.8 Å². The lowest BCUT2D eigenvalue weighted by Crippen LogP contribution is -2.47. The molecule has 0 saturated carbocycles. The van der Waals surface area contributed by atoms with Gasteiger partial charge in [0.15, 0.2) is 0 Å². The first-order chi connectivity index (χ1) is 9.79. The van der Waals surface area contributed by atoms with Gasteiger partial charge in [-0.2, -0.15) is 0 Å². The molecule has 1 rings (SSSR count). The monoisotopic (exact) mass is 313 g/mol. The van der Waals surface area contributed by atoms with Gasteiger partial charge in [0.2, 0.25) is 11.8 Å². The van der Waals surface area contributed by atoms with E-state index in [1.54, 1.807) is 12.1 Å². The summed E-state index contributed by atoms with van der Waals surface area (Å²) < 4.78 is 0. The van der Waals surface area contributed by atoms with E-state index in [1.165, 1.54) is 11.3 Å². The quantitative estimate of drug-likeness (QED) is 0.523. The lowest BCUT2D eigenvalue weighted by molar-refractivity contribution is -0.143. The van der Waals surface area contributed by atoms with E-state index >= 15 is 0 Å². The second-order valence-corrected chi connectivity index (χ2v) is 5.51. The first-order valence-electron chi connectivity index (χ1n) is 5.94. The highest BCUT2D eigenvalue weighted by Gasteiger charge is 2.22. The molecule has 0 saturated heterocycles. The van der Waals surface area contributed by atoms with E-state index < -0.39 is 42.7 Å². The van der Waals surface area contributed by atoms with Crippen molar-refractivity contribution < 1.29 is 24.3 Å². The molecule has 1 aromatic heterocycles. The summed E-state index contributed by atoms with van der Waals surface area (Å²) in [5.74, 6) is -3.36. The molecule has 1 heterocycles. The van der Waals surface area contributed by atoms with E-state index in [0.29, 0.717) is 4.88 Å². The number of amides is 3. The Morgan fingerprint density at radius 2 is 2.00 bits per heavy atom. The fraction of sp³-hybridized carbons (Fsp3) is 0.333. The third-order valence-corrected chi connectivity index (χ3v) is 3.41. The van der Waals surface area contributed by atoms with Crippen LogP contribution in [0.25, 0.3) is 0 Å². The summed E-state index contributed by atoms with van der Waals surface area (Å²) in [6.45, 7) is 1.45. The Morgan fingerprint density at radius 1 is 1.33 bits per heavy atom. The molecule has 3 amide bonds. The second-order valence-electron chi connectivity index (χ2n) is 4.22. The summed E-state index contributed by atoms with van der Waals surface area (Å²) in [7, 11) is 0. The van der Waals surface area contributed by atoms with Crippen LogP contribution in [0.1, 0.15) is 21.0 Å². The van der Waals surface area contributed by atoms with Crippen LogP contribution in [0.2, 0.25) is 0 Å². The van der Waals surface area contributed by atoms with Crippen molar-refractivity contribution in [3.63, 3.8) is 0 Å². The number of thiophene rings is 1. The zero-order valence-corrected chi connectivity index (χ0v) is 12.0. The molecule has 114 valence electrons. The van der Waals surface area contributed by atoms with Crippen molar-refractivity contribution in [3.05, 3.63) is 21.9 Å². The van der Waals surface area contributed by atoms with Crippen molar-refractivity contribution in [1.82, 2.24) is 10.6 Å². The fourth-order valence-corrected chi connectivity index (χ4v) is 2.23. The topological polar surface area (TPSA) is 139 Å². The van der Waals surface area contributed by atoms with Crippen molar-refractivity contribution in [1.29, 1.82) is 0 Å². The Kier molecular flexibility index (Phi) is 5.85. The number of nitrogens with two attached hydrogens (primary N) is 1. The van der Waals surface area contributed by atoms with Crippen molar-refractivity contribution in [2.75, 3.05) is 6.54 Å². The number of aliphatic carboxylic acids is 1. The van der Waals surface area contributed by atoms with Crippen LogP contribution in [0.15, 0.2) is 12.1 Å². The van der Waals surface area contributed by atoms with E-state index in [0.717, 1.165) is 4.88 Å². The van der Waals surface area contributed by atoms with Gasteiger partial charge in [0.25, 0.3) is 5.91 Å². The van der Waals surface area contributed by atoms with Gasteiger partial charge in [-0.25, -0.2) is 4.79 Å². The summed E-state index contributed by atoms with van der Waals surface area (Å²) in [5.41, 5.74) is 4.89. The van der Waals surface area contributed by atoms with Crippen LogP contribution in [0, 0.1) is 6.92 Å². The maximum absolute atomic E-state index is 11.7. The zero-order valence-electron chi connectivity index (χ0n) is 11.2. The minimum atomic E-state index is -1.41. The smallest absolute Gasteiger partial charge is 0.326 e. The number of carboxylic acids is 1. The van der Waals surface area contributed by atoms with Gasteiger partial charge in [-0.3, -0.25) is 14.4 Å². The Hall–Kier alpha value is -2.42. The maximum atomic E-state index is 11.7. The number of carbonyl (C=O) groups excluding carboxylic acids is 3. The largest absolute Gasteiger partial charge is 0.480 e. The minimum absolute atomic E-state index is 0.391. The summed E-state index contributed by atoms with van der Waals surface area (Å²) in [6.07, 6.45) is -0.515. The van der Waals surface area contributed by atoms with Crippen molar-refractivity contribution in [2.45, 2.75) is 19.4 Å². The molecule has 0 aromatic carbocycles. The van der Waals surface area contributed by atoms with Crippen LogP contribution in [0.3, 0.4) is 0 Å². The molecule has 0 spiro atoms. The highest BCUT2D eigenvalue weighted by atomic mass is 32.1. The predicted octanol–water partition coefficient (Wildman–Crippen LogP) is -0.769. The van der Waals surface area contributed by atoms with E-state index in [9.17, 15) is 19.2 Å². The number of hydrogen-bond donors (Lipinski definition) is 4. The number of carbonyl (C=O) groups is 4. The first-order valence-corrected chi connectivity index (χ1v) is 6.76. The maximum Gasteiger partial charge on any atom is 0.326 e. The number of primary amides is 1. The van der Waals surface area contributed by atoms with Crippen LogP contribution >= 0.6 is 11.3 Å². The minimum Gasteiger partial charge on any atom is -0.480 e. The zero-order chi connectivity index (χ0) is 16.0. The van der Waals surface area contributed by atoms with Crippen molar-refractivity contribution in [2.24, 2.45) is 5.73 Å². The molecule has 0 bridgehead atoms. The van der Waals surface area contributed by atoms with E-state index in [4.69, 9.17) is 10.8 Å². The number of aryl methyl sites for hydroxylation is 1. The van der Waals surface area contributed by atoms with Crippen molar-refractivity contribution >= 4 is 35.0 Å². The molecule has 0 aliphatic rings. The van der Waals surface area contributed by atoms with Crippen LogP contribution in [-0.4, -0.2) is 41.4 Å². The molecule has 0 aliphatic carbocycles. The molecule has 0 aliphatic heterocycles. The standard InChI is InChI=1S/C12H15N3O5S/c1-6-2-3-8(21-6)11(18)14-5-10(17)15-7(12(19)20)4-9(13)16/h2-3,7H,4-5H2,1H3,(H2,13,16)(H,14,18)(H,15,17)(H,19,20)/t7-/m1/s1. The van der Waals surface area contributed by atoms with Gasteiger partial charge in [-0.05, 0) is 19.1 Å². The highest BCUT2D eigenvalue weighted by molar-refractivity contribution is 7.13. The van der Waals surface area contributed by atoms with Gasteiger partial charge in [-0.1, -0.05) is 0 Å². The van der Waals surface area contributed by atoms with Crippen molar-refractivity contribution in [3.8, 4) is 0 Å². The molecule has 1 atom stereocenters. The van der Waals surface area contributed by atoms with E-state index in [2.05, 4.69) is 10.6 Å². The summed E-state index contributed by atoms with van der Waals surface area (Å²) in [5, 5.41) is 13.3. The van der Waals surface area contributed by atoms with E-state index in [1.807, 2.05) is 6.92 Å². The van der Waals surface area contributed by atoms with Gasteiger partial charge in [-0.15, -0.1) is 11.3 Å². The Bertz CT molecular complexity index is 569. The molecule has 21 heavy (non-hydrogen) atoms. The first kappa shape index (κ1) is 16.6. The molecular weight excluding hydrogens is 298 g/mol. The Balaban J connectivity index is 2.47. The summed E-state index contributed by atoms with van der Waals surface area (Å²) in [6, 6.07) is 1.99. The molecule has 5 N–H and O–H groups in total. The third kappa shape index (κ3) is 5.61. The number of carboxylic acid groups (broad SMARTS) is 1. The van der Waals surface area contributed by atoms with Gasteiger partial charge in [0.1, 0.15) is 6.04 Å². The molecule has 0 fully saturated rings. The Morgan fingerprint density at radius 3 is 2.48 bits per heavy atom. The van der Waals surface area contributed by atoms with Gasteiger partial charge >= 0.3 is 5.97 Å². The summed E-state index contributed by atoms with van der Waals surface area (Å²) in [4.78, 5) is 46.2. The van der Waals surface area contributed by atoms with E-state index in [-0.39, 0.29) is 0 Å². The number of rotatable bonds is 7. The van der Waals surface area contributed by atoms with Crippen LogP contribution in [0.4, 0.5) is 0 Å². The van der Waals surface area contributed by atoms with Gasteiger partial charge in [0, 0.05) is 4.88 Å². The average Bonchev–Trinajstić information content (AvgIpc) is 2.81. The molecule has 0 radical (unpaired) electrons. The second kappa shape index (κ2) is 7.39. The molecule has 8 nitrogen and oxygen atoms in total. The summed E-state index contributed by atoms with van der Waals surface area (Å²) >= 11 is 1.28. The molecule has 0 unspecified atom stereocenters. The molecule has 9 heteroatoms.